The van der Waals surface area contributed by atoms with E-state index in [0.717, 1.165) is 18.8 Å². The number of amides is 1. The van der Waals surface area contributed by atoms with Crippen molar-refractivity contribution in [1.29, 1.82) is 0 Å². The number of carbonyl (C=O) groups is 1. The van der Waals surface area contributed by atoms with E-state index < -0.39 is 6.10 Å². The van der Waals surface area contributed by atoms with Crippen LogP contribution in [0.3, 0.4) is 0 Å². The van der Waals surface area contributed by atoms with Gasteiger partial charge in [0, 0.05) is 32.7 Å². The number of rotatable bonds is 7. The van der Waals surface area contributed by atoms with E-state index in [1.165, 1.54) is 6.26 Å². The number of ether oxygens (including phenoxy) is 1. The van der Waals surface area contributed by atoms with Crippen LogP contribution in [0, 0.1) is 0 Å². The summed E-state index contributed by atoms with van der Waals surface area (Å²) >= 11 is 0. The van der Waals surface area contributed by atoms with Gasteiger partial charge >= 0.3 is 0 Å². The summed E-state index contributed by atoms with van der Waals surface area (Å²) in [5.41, 5.74) is 0. The molecular formula is C17H22N2O5. The minimum atomic E-state index is -0.563. The van der Waals surface area contributed by atoms with Crippen molar-refractivity contribution in [2.24, 2.45) is 0 Å². The summed E-state index contributed by atoms with van der Waals surface area (Å²) < 4.78 is 15.8. The highest BCUT2D eigenvalue weighted by atomic mass is 16.5. The SMILES string of the molecule is O=C(c1ccco1)N1CCN(CC(O)COCc2ccco2)CC1. The van der Waals surface area contributed by atoms with Crippen LogP contribution >= 0.6 is 0 Å². The quantitative estimate of drug-likeness (QED) is 0.820. The van der Waals surface area contributed by atoms with Crippen molar-refractivity contribution in [3.05, 3.63) is 48.3 Å². The molecule has 0 radical (unpaired) electrons. The Bertz CT molecular complexity index is 603. The van der Waals surface area contributed by atoms with Gasteiger partial charge in [-0.15, -0.1) is 0 Å². The molecule has 0 bridgehead atoms. The molecule has 1 N–H and O–H groups in total. The van der Waals surface area contributed by atoms with Crippen LogP contribution in [0.4, 0.5) is 0 Å². The molecule has 0 aliphatic carbocycles. The van der Waals surface area contributed by atoms with Gasteiger partial charge in [-0.2, -0.15) is 0 Å². The minimum absolute atomic E-state index is 0.0815. The highest BCUT2D eigenvalue weighted by Gasteiger charge is 2.24. The van der Waals surface area contributed by atoms with E-state index >= 15 is 0 Å². The molecule has 0 saturated carbocycles. The number of β-amino-alcohol motifs (C(OH)–C–C–N with tert-alkyl or cyclic N) is 1. The highest BCUT2D eigenvalue weighted by Crippen LogP contribution is 2.10. The molecule has 2 aromatic rings. The second kappa shape index (κ2) is 8.14. The van der Waals surface area contributed by atoms with Gasteiger partial charge in [-0.25, -0.2) is 0 Å². The van der Waals surface area contributed by atoms with Crippen LogP contribution in [-0.4, -0.2) is 66.2 Å². The molecule has 130 valence electrons. The van der Waals surface area contributed by atoms with Gasteiger partial charge in [-0.3, -0.25) is 9.69 Å². The zero-order valence-electron chi connectivity index (χ0n) is 13.5. The largest absolute Gasteiger partial charge is 0.467 e. The van der Waals surface area contributed by atoms with Gasteiger partial charge in [-0.1, -0.05) is 0 Å². The molecule has 1 unspecified atom stereocenters. The molecule has 1 aliphatic rings. The first-order valence-electron chi connectivity index (χ1n) is 8.05. The van der Waals surface area contributed by atoms with Crippen LogP contribution in [0.1, 0.15) is 16.3 Å². The molecule has 1 fully saturated rings. The van der Waals surface area contributed by atoms with E-state index in [-0.39, 0.29) is 12.5 Å². The number of aliphatic hydroxyl groups is 1. The number of hydrogen-bond acceptors (Lipinski definition) is 6. The van der Waals surface area contributed by atoms with Crippen molar-refractivity contribution in [2.45, 2.75) is 12.7 Å². The first kappa shape index (κ1) is 16.8. The van der Waals surface area contributed by atoms with Gasteiger partial charge in [0.1, 0.15) is 12.4 Å². The normalized spacial score (nSPS) is 17.1. The molecule has 24 heavy (non-hydrogen) atoms. The van der Waals surface area contributed by atoms with Gasteiger partial charge in [0.05, 0.1) is 25.2 Å². The molecule has 3 heterocycles. The predicted molar refractivity (Wildman–Crippen MR) is 85.4 cm³/mol. The predicted octanol–water partition coefficient (Wildman–Crippen LogP) is 1.21. The molecular weight excluding hydrogens is 312 g/mol. The maximum atomic E-state index is 12.2. The fourth-order valence-corrected chi connectivity index (χ4v) is 2.73. The lowest BCUT2D eigenvalue weighted by atomic mass is 10.2. The minimum Gasteiger partial charge on any atom is -0.467 e. The smallest absolute Gasteiger partial charge is 0.289 e. The maximum absolute atomic E-state index is 12.2. The summed E-state index contributed by atoms with van der Waals surface area (Å²) in [6.45, 7) is 3.84. The van der Waals surface area contributed by atoms with Crippen LogP contribution in [0.5, 0.6) is 0 Å². The zero-order valence-corrected chi connectivity index (χ0v) is 13.5. The molecule has 2 aromatic heterocycles. The van der Waals surface area contributed by atoms with Crippen molar-refractivity contribution in [3.8, 4) is 0 Å². The Labute approximate surface area is 140 Å². The van der Waals surface area contributed by atoms with Crippen LogP contribution in [0.15, 0.2) is 45.6 Å². The number of furan rings is 2. The third-order valence-electron chi connectivity index (χ3n) is 4.00. The lowest BCUT2D eigenvalue weighted by Crippen LogP contribution is -2.50. The molecule has 0 aromatic carbocycles. The Morgan fingerprint density at radius 3 is 2.58 bits per heavy atom. The lowest BCUT2D eigenvalue weighted by molar-refractivity contribution is -0.00209. The molecule has 0 spiro atoms. The van der Waals surface area contributed by atoms with Crippen molar-refractivity contribution in [2.75, 3.05) is 39.3 Å². The van der Waals surface area contributed by atoms with Crippen LogP contribution in [0.25, 0.3) is 0 Å². The summed E-state index contributed by atoms with van der Waals surface area (Å²) in [5, 5.41) is 10.1. The molecule has 1 amide bonds. The Hall–Kier alpha value is -2.09. The van der Waals surface area contributed by atoms with Gasteiger partial charge in [0.2, 0.25) is 0 Å². The Morgan fingerprint density at radius 1 is 1.17 bits per heavy atom. The Kier molecular flexibility index (Phi) is 5.68. The molecule has 7 nitrogen and oxygen atoms in total. The molecule has 1 saturated heterocycles. The molecule has 1 atom stereocenters. The molecule has 1 aliphatic heterocycles. The van der Waals surface area contributed by atoms with E-state index in [2.05, 4.69) is 4.90 Å². The number of carbonyl (C=O) groups excluding carboxylic acids is 1. The van der Waals surface area contributed by atoms with Gasteiger partial charge in [-0.05, 0) is 24.3 Å². The fraction of sp³-hybridized carbons (Fsp3) is 0.471. The molecule has 3 rings (SSSR count). The number of aliphatic hydroxyl groups excluding tert-OH is 1. The summed E-state index contributed by atoms with van der Waals surface area (Å²) in [4.78, 5) is 16.1. The topological polar surface area (TPSA) is 79.3 Å². The average Bonchev–Trinajstić information content (AvgIpc) is 3.29. The van der Waals surface area contributed by atoms with Crippen LogP contribution < -0.4 is 0 Å². The third kappa shape index (κ3) is 4.47. The average molecular weight is 334 g/mol. The van der Waals surface area contributed by atoms with Gasteiger partial charge in [0.15, 0.2) is 5.76 Å². The number of hydrogen-bond donors (Lipinski definition) is 1. The first-order valence-corrected chi connectivity index (χ1v) is 8.05. The van der Waals surface area contributed by atoms with Crippen LogP contribution in [0.2, 0.25) is 0 Å². The third-order valence-corrected chi connectivity index (χ3v) is 4.00. The summed E-state index contributed by atoms with van der Waals surface area (Å²) in [5.74, 6) is 1.03. The summed E-state index contributed by atoms with van der Waals surface area (Å²) in [6, 6.07) is 7.03. The van der Waals surface area contributed by atoms with E-state index in [9.17, 15) is 9.90 Å². The Balaban J connectivity index is 1.35. The highest BCUT2D eigenvalue weighted by molar-refractivity contribution is 5.91. The standard InChI is InChI=1S/C17H22N2O5/c20-14(12-22-13-15-3-1-9-23-15)11-18-5-7-19(8-6-18)17(21)16-4-2-10-24-16/h1-4,9-10,14,20H,5-8,11-13H2. The monoisotopic (exact) mass is 334 g/mol. The number of piperazine rings is 1. The lowest BCUT2D eigenvalue weighted by Gasteiger charge is -2.35. The van der Waals surface area contributed by atoms with Crippen molar-refractivity contribution < 1.29 is 23.5 Å². The fourth-order valence-electron chi connectivity index (χ4n) is 2.73. The van der Waals surface area contributed by atoms with E-state index in [1.54, 1.807) is 29.4 Å². The van der Waals surface area contributed by atoms with E-state index in [4.69, 9.17) is 13.6 Å². The number of nitrogens with zero attached hydrogens (tertiary/aromatic N) is 2. The van der Waals surface area contributed by atoms with Crippen molar-refractivity contribution in [1.82, 2.24) is 9.80 Å². The zero-order chi connectivity index (χ0) is 16.8. The summed E-state index contributed by atoms with van der Waals surface area (Å²) in [6.07, 6.45) is 2.54. The molecule has 7 heteroatoms. The van der Waals surface area contributed by atoms with Gasteiger partial charge < -0.3 is 23.6 Å². The second-order valence-corrected chi connectivity index (χ2v) is 5.82. The summed E-state index contributed by atoms with van der Waals surface area (Å²) in [7, 11) is 0. The van der Waals surface area contributed by atoms with E-state index in [1.807, 2.05) is 6.07 Å². The Morgan fingerprint density at radius 2 is 1.92 bits per heavy atom. The van der Waals surface area contributed by atoms with Crippen molar-refractivity contribution >= 4 is 5.91 Å². The second-order valence-electron chi connectivity index (χ2n) is 5.82. The maximum Gasteiger partial charge on any atom is 0.289 e. The van der Waals surface area contributed by atoms with Crippen LogP contribution in [-0.2, 0) is 11.3 Å². The van der Waals surface area contributed by atoms with Gasteiger partial charge in [0.25, 0.3) is 5.91 Å². The first-order chi connectivity index (χ1) is 11.7. The van der Waals surface area contributed by atoms with E-state index in [0.29, 0.717) is 32.0 Å². The van der Waals surface area contributed by atoms with Crippen molar-refractivity contribution in [3.63, 3.8) is 0 Å².